The predicted molar refractivity (Wildman–Crippen MR) is 93.4 cm³/mol. The Labute approximate surface area is 143 Å². The summed E-state index contributed by atoms with van der Waals surface area (Å²) in [6.45, 7) is 4.36. The fraction of sp³-hybridized carbons (Fsp3) is 0.438. The van der Waals surface area contributed by atoms with Crippen molar-refractivity contribution in [2.75, 3.05) is 0 Å². The van der Waals surface area contributed by atoms with E-state index in [4.69, 9.17) is 16.6 Å². The lowest BCUT2D eigenvalue weighted by Gasteiger charge is -2.18. The third-order valence-corrected chi connectivity index (χ3v) is 5.48. The predicted octanol–water partition coefficient (Wildman–Crippen LogP) is 5.52. The SMILES string of the molecule is CC(C)c1csc(C(NC2CC2)c2ccc(Cl)cc2Br)n1. The number of halogens is 2. The van der Waals surface area contributed by atoms with Crippen molar-refractivity contribution in [3.63, 3.8) is 0 Å². The van der Waals surface area contributed by atoms with Crippen LogP contribution in [0.25, 0.3) is 0 Å². The van der Waals surface area contributed by atoms with Gasteiger partial charge in [0.05, 0.1) is 11.7 Å². The lowest BCUT2D eigenvalue weighted by molar-refractivity contribution is 0.593. The summed E-state index contributed by atoms with van der Waals surface area (Å²) in [7, 11) is 0. The Morgan fingerprint density at radius 1 is 1.38 bits per heavy atom. The first kappa shape index (κ1) is 15.5. The molecule has 1 N–H and O–H groups in total. The van der Waals surface area contributed by atoms with E-state index >= 15 is 0 Å². The molecule has 1 aliphatic carbocycles. The summed E-state index contributed by atoms with van der Waals surface area (Å²) < 4.78 is 1.04. The molecule has 1 unspecified atom stereocenters. The molecular weight excluding hydrogens is 368 g/mol. The Bertz CT molecular complexity index is 637. The largest absolute Gasteiger partial charge is 0.301 e. The number of nitrogens with one attached hydrogen (secondary N) is 1. The highest BCUT2D eigenvalue weighted by atomic mass is 79.9. The van der Waals surface area contributed by atoms with Crippen molar-refractivity contribution in [3.05, 3.63) is 49.3 Å². The molecule has 21 heavy (non-hydrogen) atoms. The molecule has 0 bridgehead atoms. The van der Waals surface area contributed by atoms with E-state index in [2.05, 4.69) is 46.5 Å². The standard InChI is InChI=1S/C16H18BrClN2S/c1-9(2)14-8-21-16(20-14)15(19-11-4-5-11)12-6-3-10(18)7-13(12)17/h3,6-9,11,15,19H,4-5H2,1-2H3. The molecule has 5 heteroatoms. The molecule has 1 fully saturated rings. The maximum atomic E-state index is 6.07. The molecule has 1 saturated carbocycles. The fourth-order valence-electron chi connectivity index (χ4n) is 2.21. The van der Waals surface area contributed by atoms with Crippen LogP contribution in [0, 0.1) is 0 Å². The maximum Gasteiger partial charge on any atom is 0.114 e. The molecule has 0 radical (unpaired) electrons. The smallest absolute Gasteiger partial charge is 0.114 e. The van der Waals surface area contributed by atoms with Gasteiger partial charge in [0.1, 0.15) is 5.01 Å². The van der Waals surface area contributed by atoms with Crippen LogP contribution in [0.15, 0.2) is 28.1 Å². The minimum atomic E-state index is 0.140. The Morgan fingerprint density at radius 3 is 2.71 bits per heavy atom. The molecule has 1 aromatic heterocycles. The molecular formula is C16H18BrClN2S. The van der Waals surface area contributed by atoms with Gasteiger partial charge in [0.25, 0.3) is 0 Å². The zero-order valence-corrected chi connectivity index (χ0v) is 15.2. The topological polar surface area (TPSA) is 24.9 Å². The number of rotatable bonds is 5. The van der Waals surface area contributed by atoms with Gasteiger partial charge in [0, 0.05) is 20.9 Å². The van der Waals surface area contributed by atoms with Gasteiger partial charge < -0.3 is 5.32 Å². The Hall–Kier alpha value is -0.420. The molecule has 1 aromatic carbocycles. The van der Waals surface area contributed by atoms with E-state index in [1.807, 2.05) is 12.1 Å². The molecule has 0 amide bonds. The zero-order valence-electron chi connectivity index (χ0n) is 12.1. The summed E-state index contributed by atoms with van der Waals surface area (Å²) in [5.74, 6) is 0.463. The molecule has 1 aliphatic rings. The van der Waals surface area contributed by atoms with Crippen LogP contribution >= 0.6 is 38.9 Å². The summed E-state index contributed by atoms with van der Waals surface area (Å²) in [4.78, 5) is 4.83. The van der Waals surface area contributed by atoms with Gasteiger partial charge in [-0.25, -0.2) is 4.98 Å². The molecule has 0 aliphatic heterocycles. The van der Waals surface area contributed by atoms with Crippen LogP contribution in [-0.2, 0) is 0 Å². The molecule has 112 valence electrons. The van der Waals surface area contributed by atoms with Crippen molar-refractivity contribution >= 4 is 38.9 Å². The highest BCUT2D eigenvalue weighted by Gasteiger charge is 2.29. The molecule has 0 spiro atoms. The Morgan fingerprint density at radius 2 is 2.14 bits per heavy atom. The van der Waals surface area contributed by atoms with E-state index in [0.717, 1.165) is 14.5 Å². The second-order valence-corrected chi connectivity index (χ2v) is 7.99. The first-order valence-electron chi connectivity index (χ1n) is 7.21. The summed E-state index contributed by atoms with van der Waals surface area (Å²) in [5.41, 5.74) is 2.37. The van der Waals surface area contributed by atoms with Crippen molar-refractivity contribution in [2.24, 2.45) is 0 Å². The van der Waals surface area contributed by atoms with Gasteiger partial charge in [-0.2, -0.15) is 0 Å². The number of hydrogen-bond acceptors (Lipinski definition) is 3. The van der Waals surface area contributed by atoms with E-state index in [9.17, 15) is 0 Å². The van der Waals surface area contributed by atoms with Crippen LogP contribution in [0.3, 0.4) is 0 Å². The van der Waals surface area contributed by atoms with Gasteiger partial charge in [-0.05, 0) is 36.5 Å². The van der Waals surface area contributed by atoms with Crippen LogP contribution < -0.4 is 5.32 Å². The second-order valence-electron chi connectivity index (χ2n) is 5.81. The molecule has 2 nitrogen and oxygen atoms in total. The van der Waals surface area contributed by atoms with Gasteiger partial charge >= 0.3 is 0 Å². The van der Waals surface area contributed by atoms with Crippen LogP contribution in [-0.4, -0.2) is 11.0 Å². The van der Waals surface area contributed by atoms with E-state index in [0.29, 0.717) is 12.0 Å². The summed E-state index contributed by atoms with van der Waals surface area (Å²) in [6, 6.07) is 6.74. The van der Waals surface area contributed by atoms with Gasteiger partial charge in [-0.15, -0.1) is 11.3 Å². The maximum absolute atomic E-state index is 6.07. The highest BCUT2D eigenvalue weighted by molar-refractivity contribution is 9.10. The second kappa shape index (κ2) is 6.37. The first-order chi connectivity index (χ1) is 10.0. The van der Waals surface area contributed by atoms with E-state index < -0.39 is 0 Å². The van der Waals surface area contributed by atoms with Gasteiger partial charge in [0.15, 0.2) is 0 Å². The van der Waals surface area contributed by atoms with Crippen LogP contribution in [0.4, 0.5) is 0 Å². The van der Waals surface area contributed by atoms with E-state index in [1.165, 1.54) is 24.1 Å². The van der Waals surface area contributed by atoms with Gasteiger partial charge in [-0.3, -0.25) is 0 Å². The van der Waals surface area contributed by atoms with Crippen LogP contribution in [0.1, 0.15) is 54.9 Å². The van der Waals surface area contributed by atoms with Crippen molar-refractivity contribution in [1.82, 2.24) is 10.3 Å². The molecule has 1 atom stereocenters. The first-order valence-corrected chi connectivity index (χ1v) is 9.26. The average Bonchev–Trinajstić information content (AvgIpc) is 3.11. The number of benzene rings is 1. The molecule has 2 aromatic rings. The van der Waals surface area contributed by atoms with Crippen molar-refractivity contribution in [2.45, 2.75) is 44.7 Å². The summed E-state index contributed by atoms with van der Waals surface area (Å²) in [6.07, 6.45) is 2.51. The minimum absolute atomic E-state index is 0.140. The average molecular weight is 386 g/mol. The number of nitrogens with zero attached hydrogens (tertiary/aromatic N) is 1. The van der Waals surface area contributed by atoms with Crippen molar-refractivity contribution in [3.8, 4) is 0 Å². The molecule has 3 rings (SSSR count). The lowest BCUT2D eigenvalue weighted by atomic mass is 10.1. The monoisotopic (exact) mass is 384 g/mol. The summed E-state index contributed by atoms with van der Waals surface area (Å²) in [5, 5.41) is 7.76. The number of hydrogen-bond donors (Lipinski definition) is 1. The van der Waals surface area contributed by atoms with E-state index in [1.54, 1.807) is 11.3 Å². The number of aromatic nitrogens is 1. The molecule has 0 saturated heterocycles. The van der Waals surface area contributed by atoms with E-state index in [-0.39, 0.29) is 6.04 Å². The third-order valence-electron chi connectivity index (χ3n) is 3.63. The Balaban J connectivity index is 1.95. The fourth-order valence-corrected chi connectivity index (χ4v) is 4.18. The number of thiazole rings is 1. The van der Waals surface area contributed by atoms with Crippen LogP contribution in [0.2, 0.25) is 5.02 Å². The quantitative estimate of drug-likeness (QED) is 0.732. The minimum Gasteiger partial charge on any atom is -0.301 e. The highest BCUT2D eigenvalue weighted by Crippen LogP contribution is 2.35. The van der Waals surface area contributed by atoms with Crippen molar-refractivity contribution in [1.29, 1.82) is 0 Å². The lowest BCUT2D eigenvalue weighted by Crippen LogP contribution is -2.24. The van der Waals surface area contributed by atoms with Crippen molar-refractivity contribution < 1.29 is 0 Å². The normalized spacial score (nSPS) is 16.4. The third kappa shape index (κ3) is 3.67. The summed E-state index contributed by atoms with van der Waals surface area (Å²) >= 11 is 11.4. The van der Waals surface area contributed by atoms with Gasteiger partial charge in [0.2, 0.25) is 0 Å². The Kier molecular flexibility index (Phi) is 4.69. The molecule has 1 heterocycles. The van der Waals surface area contributed by atoms with Gasteiger partial charge in [-0.1, -0.05) is 47.4 Å². The zero-order chi connectivity index (χ0) is 15.0. The van der Waals surface area contributed by atoms with Crippen LogP contribution in [0.5, 0.6) is 0 Å².